The number of nitrogens with one attached hydrogen (secondary N) is 1. The number of nitro benzene ring substituents is 1. The van der Waals surface area contributed by atoms with Crippen molar-refractivity contribution < 1.29 is 14.8 Å². The monoisotopic (exact) mass is 282 g/mol. The second-order valence-corrected chi connectivity index (χ2v) is 4.99. The molecule has 2 N–H and O–H groups in total. The van der Waals surface area contributed by atoms with E-state index in [1.807, 2.05) is 20.8 Å². The van der Waals surface area contributed by atoms with Crippen molar-refractivity contribution in [2.45, 2.75) is 39.2 Å². The van der Waals surface area contributed by atoms with Gasteiger partial charge in [0.05, 0.1) is 23.7 Å². The van der Waals surface area contributed by atoms with E-state index >= 15 is 0 Å². The van der Waals surface area contributed by atoms with Crippen molar-refractivity contribution in [2.24, 2.45) is 0 Å². The Morgan fingerprint density at radius 1 is 1.45 bits per heavy atom. The Balaban J connectivity index is 3.02. The molecule has 0 aliphatic rings. The molecule has 6 heteroatoms. The van der Waals surface area contributed by atoms with E-state index in [1.165, 1.54) is 6.07 Å². The van der Waals surface area contributed by atoms with E-state index in [0.29, 0.717) is 12.3 Å². The van der Waals surface area contributed by atoms with Gasteiger partial charge in [0.1, 0.15) is 0 Å². The van der Waals surface area contributed by atoms with Gasteiger partial charge in [0.25, 0.3) is 0 Å². The summed E-state index contributed by atoms with van der Waals surface area (Å²) in [5, 5.41) is 23.5. The highest BCUT2D eigenvalue weighted by Crippen LogP contribution is 2.31. The number of anilines is 1. The molecule has 0 radical (unpaired) electrons. The normalized spacial score (nSPS) is 13.6. The average molecular weight is 282 g/mol. The van der Waals surface area contributed by atoms with Gasteiger partial charge in [0.2, 0.25) is 0 Å². The van der Waals surface area contributed by atoms with Crippen LogP contribution in [0.15, 0.2) is 18.2 Å². The van der Waals surface area contributed by atoms with Crippen LogP contribution in [-0.4, -0.2) is 28.8 Å². The largest absolute Gasteiger partial charge is 0.487 e. The van der Waals surface area contributed by atoms with E-state index in [4.69, 9.17) is 4.74 Å². The lowest BCUT2D eigenvalue weighted by Crippen LogP contribution is -2.37. The fraction of sp³-hybridized carbons (Fsp3) is 0.571. The maximum absolute atomic E-state index is 11.0. The molecule has 0 amide bonds. The third-order valence-electron chi connectivity index (χ3n) is 3.19. The summed E-state index contributed by atoms with van der Waals surface area (Å²) >= 11 is 0. The third kappa shape index (κ3) is 4.09. The second-order valence-electron chi connectivity index (χ2n) is 4.99. The lowest BCUT2D eigenvalue weighted by molar-refractivity contribution is -0.385. The summed E-state index contributed by atoms with van der Waals surface area (Å²) in [6, 6.07) is 4.65. The molecule has 0 aliphatic heterocycles. The topological polar surface area (TPSA) is 84.6 Å². The molecule has 1 unspecified atom stereocenters. The highest BCUT2D eigenvalue weighted by atomic mass is 16.6. The summed E-state index contributed by atoms with van der Waals surface area (Å²) in [4.78, 5) is 10.5. The molecule has 0 fully saturated rings. The SMILES string of the molecule is CCCOc1cc(NC(C)(CC)CO)ccc1[N+](=O)[O-]. The molecule has 0 bridgehead atoms. The Morgan fingerprint density at radius 3 is 2.65 bits per heavy atom. The van der Waals surface area contributed by atoms with E-state index in [2.05, 4.69) is 5.32 Å². The predicted molar refractivity (Wildman–Crippen MR) is 78.3 cm³/mol. The highest BCUT2D eigenvalue weighted by Gasteiger charge is 2.22. The molecule has 1 aromatic rings. The highest BCUT2D eigenvalue weighted by molar-refractivity contribution is 5.58. The van der Waals surface area contributed by atoms with Crippen molar-refractivity contribution in [1.82, 2.24) is 0 Å². The van der Waals surface area contributed by atoms with Gasteiger partial charge in [-0.15, -0.1) is 0 Å². The van der Waals surface area contributed by atoms with Crippen molar-refractivity contribution in [3.8, 4) is 5.75 Å². The lowest BCUT2D eigenvalue weighted by Gasteiger charge is -2.28. The van der Waals surface area contributed by atoms with Gasteiger partial charge in [0, 0.05) is 17.8 Å². The second kappa shape index (κ2) is 7.09. The standard InChI is InChI=1S/C14H22N2O4/c1-4-8-20-13-9-11(6-7-12(13)16(18)19)15-14(3,5-2)10-17/h6-7,9,15,17H,4-5,8,10H2,1-3H3. The molecule has 20 heavy (non-hydrogen) atoms. The lowest BCUT2D eigenvalue weighted by atomic mass is 10.00. The first kappa shape index (κ1) is 16.2. The van der Waals surface area contributed by atoms with Gasteiger partial charge < -0.3 is 15.2 Å². The Bertz CT molecular complexity index is 458. The molecule has 0 saturated heterocycles. The summed E-state index contributed by atoms with van der Waals surface area (Å²) in [6.45, 7) is 6.19. The maximum atomic E-state index is 11.0. The van der Waals surface area contributed by atoms with Gasteiger partial charge in [0.15, 0.2) is 5.75 Å². The van der Waals surface area contributed by atoms with Crippen molar-refractivity contribution >= 4 is 11.4 Å². The van der Waals surface area contributed by atoms with Crippen LogP contribution in [0.3, 0.4) is 0 Å². The summed E-state index contributed by atoms with van der Waals surface area (Å²) in [5.74, 6) is 0.248. The number of aliphatic hydroxyl groups excluding tert-OH is 1. The molecular formula is C14H22N2O4. The van der Waals surface area contributed by atoms with Crippen molar-refractivity contribution in [2.75, 3.05) is 18.5 Å². The molecule has 0 aliphatic carbocycles. The zero-order chi connectivity index (χ0) is 15.2. The molecule has 0 aromatic heterocycles. The number of rotatable bonds is 8. The number of ether oxygens (including phenoxy) is 1. The summed E-state index contributed by atoms with van der Waals surface area (Å²) < 4.78 is 5.43. The van der Waals surface area contributed by atoms with E-state index in [0.717, 1.165) is 12.8 Å². The van der Waals surface area contributed by atoms with Gasteiger partial charge in [-0.25, -0.2) is 0 Å². The Hall–Kier alpha value is -1.82. The summed E-state index contributed by atoms with van der Waals surface area (Å²) in [5.41, 5.74) is 0.185. The van der Waals surface area contributed by atoms with Crippen LogP contribution in [0.5, 0.6) is 5.75 Å². The number of nitrogens with zero attached hydrogens (tertiary/aromatic N) is 1. The first-order valence-corrected chi connectivity index (χ1v) is 6.76. The summed E-state index contributed by atoms with van der Waals surface area (Å²) in [7, 11) is 0. The van der Waals surface area contributed by atoms with Gasteiger partial charge >= 0.3 is 5.69 Å². The Kier molecular flexibility index (Phi) is 5.76. The molecule has 0 heterocycles. The van der Waals surface area contributed by atoms with Gasteiger partial charge in [-0.3, -0.25) is 10.1 Å². The Morgan fingerprint density at radius 2 is 2.15 bits per heavy atom. The maximum Gasteiger partial charge on any atom is 0.311 e. The van der Waals surface area contributed by atoms with Crippen LogP contribution >= 0.6 is 0 Å². The minimum atomic E-state index is -0.460. The van der Waals surface area contributed by atoms with Crippen LogP contribution in [0.25, 0.3) is 0 Å². The van der Waals surface area contributed by atoms with Crippen LogP contribution in [0, 0.1) is 10.1 Å². The molecule has 0 spiro atoms. The third-order valence-corrected chi connectivity index (χ3v) is 3.19. The fourth-order valence-electron chi connectivity index (χ4n) is 1.66. The number of hydrogen-bond donors (Lipinski definition) is 2. The van der Waals surface area contributed by atoms with Gasteiger partial charge in [-0.05, 0) is 25.8 Å². The molecule has 1 atom stereocenters. The van der Waals surface area contributed by atoms with Crippen LogP contribution in [0.2, 0.25) is 0 Å². The molecular weight excluding hydrogens is 260 g/mol. The van der Waals surface area contributed by atoms with Gasteiger partial charge in [-0.1, -0.05) is 13.8 Å². The molecule has 0 saturated carbocycles. The minimum Gasteiger partial charge on any atom is -0.487 e. The smallest absolute Gasteiger partial charge is 0.311 e. The van der Waals surface area contributed by atoms with Crippen LogP contribution in [0.4, 0.5) is 11.4 Å². The number of aliphatic hydroxyl groups is 1. The number of benzene rings is 1. The first-order chi connectivity index (χ1) is 9.45. The van der Waals surface area contributed by atoms with Crippen LogP contribution < -0.4 is 10.1 Å². The molecule has 1 aromatic carbocycles. The quantitative estimate of drug-likeness (QED) is 0.565. The number of nitro groups is 1. The van der Waals surface area contributed by atoms with E-state index < -0.39 is 10.5 Å². The average Bonchev–Trinajstić information content (AvgIpc) is 2.44. The molecule has 1 rings (SSSR count). The minimum absolute atomic E-state index is 0.0222. The van der Waals surface area contributed by atoms with E-state index in [-0.39, 0.29) is 18.0 Å². The van der Waals surface area contributed by atoms with Crippen molar-refractivity contribution in [3.05, 3.63) is 28.3 Å². The van der Waals surface area contributed by atoms with E-state index in [1.54, 1.807) is 12.1 Å². The number of hydrogen-bond acceptors (Lipinski definition) is 5. The zero-order valence-corrected chi connectivity index (χ0v) is 12.2. The fourth-order valence-corrected chi connectivity index (χ4v) is 1.66. The molecule has 112 valence electrons. The van der Waals surface area contributed by atoms with Crippen LogP contribution in [-0.2, 0) is 0 Å². The predicted octanol–water partition coefficient (Wildman–Crippen LogP) is 2.96. The van der Waals surface area contributed by atoms with Crippen molar-refractivity contribution in [1.29, 1.82) is 0 Å². The van der Waals surface area contributed by atoms with Gasteiger partial charge in [-0.2, -0.15) is 0 Å². The molecule has 6 nitrogen and oxygen atoms in total. The Labute approximate surface area is 118 Å². The first-order valence-electron chi connectivity index (χ1n) is 6.76. The summed E-state index contributed by atoms with van der Waals surface area (Å²) in [6.07, 6.45) is 1.50. The van der Waals surface area contributed by atoms with Crippen LogP contribution in [0.1, 0.15) is 33.6 Å². The van der Waals surface area contributed by atoms with E-state index in [9.17, 15) is 15.2 Å². The van der Waals surface area contributed by atoms with Crippen molar-refractivity contribution in [3.63, 3.8) is 0 Å². The zero-order valence-electron chi connectivity index (χ0n) is 12.2.